The first-order valence-corrected chi connectivity index (χ1v) is 11.7. The molecule has 166 valence electrons. The third-order valence-electron chi connectivity index (χ3n) is 5.21. The Labute approximate surface area is 193 Å². The molecule has 0 saturated carbocycles. The van der Waals surface area contributed by atoms with Crippen LogP contribution in [0, 0.1) is 6.92 Å². The minimum Gasteiger partial charge on any atom is -0.494 e. The van der Waals surface area contributed by atoms with Crippen LogP contribution >= 0.6 is 11.3 Å². The molecule has 4 aromatic rings. The summed E-state index contributed by atoms with van der Waals surface area (Å²) in [5.74, 6) is 2.44. The van der Waals surface area contributed by atoms with Gasteiger partial charge in [0.25, 0.3) is 0 Å². The van der Waals surface area contributed by atoms with Crippen molar-refractivity contribution in [1.29, 1.82) is 0 Å². The molecule has 0 radical (unpaired) electrons. The van der Waals surface area contributed by atoms with Gasteiger partial charge in [-0.15, -0.1) is 11.3 Å². The normalized spacial score (nSPS) is 12.3. The molecule has 32 heavy (non-hydrogen) atoms. The van der Waals surface area contributed by atoms with E-state index in [-0.39, 0.29) is 6.04 Å². The third kappa shape index (κ3) is 5.60. The number of thiazole rings is 1. The zero-order valence-corrected chi connectivity index (χ0v) is 19.8. The highest BCUT2D eigenvalue weighted by Crippen LogP contribution is 2.28. The number of hydrogen-bond donors (Lipinski definition) is 1. The zero-order chi connectivity index (χ0) is 22.5. The van der Waals surface area contributed by atoms with E-state index in [4.69, 9.17) is 4.74 Å². The van der Waals surface area contributed by atoms with Crippen molar-refractivity contribution in [3.05, 3.63) is 65.4 Å². The van der Waals surface area contributed by atoms with Crippen LogP contribution in [0.5, 0.6) is 5.75 Å². The maximum Gasteiger partial charge on any atom is 0.130 e. The van der Waals surface area contributed by atoms with Crippen molar-refractivity contribution in [2.24, 2.45) is 0 Å². The molecular weight excluding hydrogens is 418 g/mol. The first-order valence-electron chi connectivity index (χ1n) is 10.8. The summed E-state index contributed by atoms with van der Waals surface area (Å²) in [6, 6.07) is 16.6. The molecule has 1 unspecified atom stereocenters. The molecule has 0 fully saturated rings. The minimum atomic E-state index is 0.0754. The van der Waals surface area contributed by atoms with Crippen LogP contribution in [0.2, 0.25) is 0 Å². The quantitative estimate of drug-likeness (QED) is 0.339. The highest BCUT2D eigenvalue weighted by atomic mass is 32.1. The molecule has 1 atom stereocenters. The fraction of sp³-hybridized carbons (Fsp3) is 0.320. The smallest absolute Gasteiger partial charge is 0.130 e. The van der Waals surface area contributed by atoms with Crippen LogP contribution in [0.1, 0.15) is 30.8 Å². The summed E-state index contributed by atoms with van der Waals surface area (Å²) in [4.78, 5) is 15.8. The van der Waals surface area contributed by atoms with Crippen LogP contribution < -0.4 is 10.1 Å². The van der Waals surface area contributed by atoms with E-state index in [9.17, 15) is 0 Å². The molecule has 0 bridgehead atoms. The lowest BCUT2D eigenvalue weighted by molar-refractivity contribution is 0.281. The first kappa shape index (κ1) is 22.2. The zero-order valence-electron chi connectivity index (χ0n) is 19.0. The predicted octanol–water partition coefficient (Wildman–Crippen LogP) is 5.57. The fourth-order valence-electron chi connectivity index (χ4n) is 3.55. The van der Waals surface area contributed by atoms with Crippen molar-refractivity contribution in [1.82, 2.24) is 19.9 Å². The van der Waals surface area contributed by atoms with Gasteiger partial charge in [0.1, 0.15) is 17.4 Å². The van der Waals surface area contributed by atoms with E-state index in [2.05, 4.69) is 70.5 Å². The van der Waals surface area contributed by atoms with Gasteiger partial charge >= 0.3 is 0 Å². The molecule has 0 aliphatic rings. The highest BCUT2D eigenvalue weighted by molar-refractivity contribution is 7.16. The van der Waals surface area contributed by atoms with Crippen molar-refractivity contribution in [3.8, 4) is 17.0 Å². The number of fused-ring (bicyclic) bond motifs is 1. The van der Waals surface area contributed by atoms with Crippen molar-refractivity contribution in [2.45, 2.75) is 26.3 Å². The molecule has 4 rings (SSSR count). The van der Waals surface area contributed by atoms with Gasteiger partial charge in [-0.1, -0.05) is 18.2 Å². The third-order valence-corrected chi connectivity index (χ3v) is 6.00. The Kier molecular flexibility index (Phi) is 6.97. The molecule has 1 N–H and O–H groups in total. The summed E-state index contributed by atoms with van der Waals surface area (Å²) in [6.07, 6.45) is 1.00. The maximum atomic E-state index is 5.94. The Morgan fingerprint density at radius 1 is 1.09 bits per heavy atom. The van der Waals surface area contributed by atoms with E-state index in [1.807, 2.05) is 36.7 Å². The number of nitrogens with zero attached hydrogens (tertiary/aromatic N) is 4. The molecule has 6 nitrogen and oxygen atoms in total. The molecule has 0 amide bonds. The topological polar surface area (TPSA) is 63.2 Å². The summed E-state index contributed by atoms with van der Waals surface area (Å²) in [5, 5.41) is 3.53. The van der Waals surface area contributed by atoms with Crippen molar-refractivity contribution < 1.29 is 4.74 Å². The van der Waals surface area contributed by atoms with Gasteiger partial charge in [-0.2, -0.15) is 0 Å². The summed E-state index contributed by atoms with van der Waals surface area (Å²) in [5.41, 5.74) is 6.00. The number of anilines is 1. The fourth-order valence-corrected chi connectivity index (χ4v) is 4.27. The lowest BCUT2D eigenvalue weighted by Crippen LogP contribution is -2.15. The SMILES string of the molecule is Cc1nc(NC(C)c2cccc(OCCCN(C)C)c2)cc(-c2ccc3ncsc3c2)n1. The van der Waals surface area contributed by atoms with Crippen LogP contribution in [0.15, 0.2) is 54.0 Å². The molecular formula is C25H29N5OS. The molecule has 2 aromatic heterocycles. The Morgan fingerprint density at radius 2 is 1.97 bits per heavy atom. The van der Waals surface area contributed by atoms with Crippen molar-refractivity contribution in [3.63, 3.8) is 0 Å². The number of aromatic nitrogens is 3. The second-order valence-electron chi connectivity index (χ2n) is 8.16. The van der Waals surface area contributed by atoms with E-state index in [0.717, 1.165) is 57.4 Å². The van der Waals surface area contributed by atoms with Gasteiger partial charge in [-0.25, -0.2) is 15.0 Å². The Morgan fingerprint density at radius 3 is 2.81 bits per heavy atom. The van der Waals surface area contributed by atoms with E-state index in [0.29, 0.717) is 6.61 Å². The predicted molar refractivity (Wildman–Crippen MR) is 133 cm³/mol. The van der Waals surface area contributed by atoms with Gasteiger partial charge in [0.05, 0.1) is 34.1 Å². The number of aryl methyl sites for hydroxylation is 1. The van der Waals surface area contributed by atoms with E-state index >= 15 is 0 Å². The molecule has 0 spiro atoms. The lowest BCUT2D eigenvalue weighted by atomic mass is 10.1. The van der Waals surface area contributed by atoms with Crippen molar-refractivity contribution >= 4 is 27.4 Å². The second-order valence-corrected chi connectivity index (χ2v) is 9.05. The lowest BCUT2D eigenvalue weighted by Gasteiger charge is -2.17. The summed E-state index contributed by atoms with van der Waals surface area (Å²) < 4.78 is 7.09. The first-order chi connectivity index (χ1) is 15.5. The van der Waals surface area contributed by atoms with Gasteiger partial charge in [-0.05, 0) is 64.2 Å². The van der Waals surface area contributed by atoms with Crippen LogP contribution in [0.25, 0.3) is 21.5 Å². The molecule has 2 aromatic carbocycles. The average molecular weight is 448 g/mol. The van der Waals surface area contributed by atoms with Crippen LogP contribution in [-0.2, 0) is 0 Å². The second kappa shape index (κ2) is 10.1. The average Bonchev–Trinajstić information content (AvgIpc) is 3.24. The number of nitrogens with one attached hydrogen (secondary N) is 1. The molecule has 0 aliphatic carbocycles. The van der Waals surface area contributed by atoms with E-state index in [1.54, 1.807) is 11.3 Å². The van der Waals surface area contributed by atoms with E-state index in [1.165, 1.54) is 0 Å². The number of benzene rings is 2. The Hall–Kier alpha value is -3.03. The van der Waals surface area contributed by atoms with E-state index < -0.39 is 0 Å². The highest BCUT2D eigenvalue weighted by Gasteiger charge is 2.11. The Bertz CT molecular complexity index is 1190. The van der Waals surface area contributed by atoms with Crippen LogP contribution in [0.3, 0.4) is 0 Å². The molecule has 0 aliphatic heterocycles. The van der Waals surface area contributed by atoms with Crippen LogP contribution in [0.4, 0.5) is 5.82 Å². The van der Waals surface area contributed by atoms with Gasteiger partial charge in [0.15, 0.2) is 0 Å². The minimum absolute atomic E-state index is 0.0754. The number of rotatable bonds is 9. The molecule has 7 heteroatoms. The summed E-state index contributed by atoms with van der Waals surface area (Å²) in [7, 11) is 4.15. The maximum absolute atomic E-state index is 5.94. The summed E-state index contributed by atoms with van der Waals surface area (Å²) in [6.45, 7) is 5.78. The molecule has 0 saturated heterocycles. The van der Waals surface area contributed by atoms with Crippen molar-refractivity contribution in [2.75, 3.05) is 32.6 Å². The Balaban J connectivity index is 1.47. The number of ether oxygens (including phenoxy) is 1. The van der Waals surface area contributed by atoms with Gasteiger partial charge in [0, 0.05) is 18.2 Å². The van der Waals surface area contributed by atoms with Gasteiger partial charge < -0.3 is 15.0 Å². The largest absolute Gasteiger partial charge is 0.494 e. The van der Waals surface area contributed by atoms with Gasteiger partial charge in [0.2, 0.25) is 0 Å². The van der Waals surface area contributed by atoms with Crippen LogP contribution in [-0.4, -0.2) is 47.1 Å². The monoisotopic (exact) mass is 447 g/mol. The molecule has 2 heterocycles. The van der Waals surface area contributed by atoms with Gasteiger partial charge in [-0.3, -0.25) is 0 Å². The summed E-state index contributed by atoms with van der Waals surface area (Å²) >= 11 is 1.64. The standard InChI is InChI=1S/C25H29N5OS/c1-17(19-7-5-8-21(13-19)31-12-6-11-30(3)4)27-25-15-23(28-18(2)29-25)20-9-10-22-24(14-20)32-16-26-22/h5,7-10,13-17H,6,11-12H2,1-4H3,(H,27,28,29). The number of hydrogen-bond acceptors (Lipinski definition) is 7.